The van der Waals surface area contributed by atoms with Crippen LogP contribution in [0, 0.1) is 23.3 Å². The van der Waals surface area contributed by atoms with E-state index < -0.39 is 47.7 Å². The summed E-state index contributed by atoms with van der Waals surface area (Å²) < 4.78 is 92.3. The highest BCUT2D eigenvalue weighted by molar-refractivity contribution is 5.35. The first-order valence-electron chi connectivity index (χ1n) is 19.3. The minimum atomic E-state index is -1.66. The van der Waals surface area contributed by atoms with Crippen molar-refractivity contribution in [2.45, 2.75) is 64.1 Å². The summed E-state index contributed by atoms with van der Waals surface area (Å²) in [4.78, 5) is 0. The van der Waals surface area contributed by atoms with E-state index in [0.29, 0.717) is 33.8 Å². The van der Waals surface area contributed by atoms with Crippen LogP contribution in [0.5, 0.6) is 11.5 Å². The van der Waals surface area contributed by atoms with Crippen LogP contribution in [-0.2, 0) is 58.6 Å². The van der Waals surface area contributed by atoms with Crippen LogP contribution in [0.3, 0.4) is 0 Å². The standard InChI is InChI=1S/C48H46F4O8/c49-39-15-11-35(12-16-39)27-59-45(31-55-29-37-23-41(51)19-21-43(37)57-25-33-7-3-1-4-8-33)47(53)48(54)46(60-28-36-13-17-40(50)18-14-36)32-56-30-38-24-42(52)20-22-44(38)58-26-34-9-5-2-6-10-34/h1-24,45-48,53-54H,25-32H2/t45-,46-,47-,48-/m1/s1. The highest BCUT2D eigenvalue weighted by Crippen LogP contribution is 2.25. The lowest BCUT2D eigenvalue weighted by molar-refractivity contribution is -0.170. The second-order valence-corrected chi connectivity index (χ2v) is 14.0. The summed E-state index contributed by atoms with van der Waals surface area (Å²) >= 11 is 0. The first kappa shape index (κ1) is 44.0. The zero-order valence-corrected chi connectivity index (χ0v) is 32.7. The summed E-state index contributed by atoms with van der Waals surface area (Å²) in [7, 11) is 0. The third kappa shape index (κ3) is 13.7. The quantitative estimate of drug-likeness (QED) is 0.0619. The molecule has 0 unspecified atom stereocenters. The summed E-state index contributed by atoms with van der Waals surface area (Å²) in [5, 5.41) is 23.5. The van der Waals surface area contributed by atoms with Gasteiger partial charge in [-0.05, 0) is 82.9 Å². The van der Waals surface area contributed by atoms with Gasteiger partial charge < -0.3 is 38.6 Å². The Hall–Kier alpha value is -5.60. The monoisotopic (exact) mass is 826 g/mol. The Kier molecular flexibility index (Phi) is 16.6. The number of halogens is 4. The second kappa shape index (κ2) is 22.7. The molecule has 6 aromatic rings. The molecule has 0 aliphatic rings. The van der Waals surface area contributed by atoms with Crippen molar-refractivity contribution in [3.05, 3.63) is 202 Å². The summed E-state index contributed by atoms with van der Waals surface area (Å²) in [5.41, 5.74) is 3.78. The van der Waals surface area contributed by atoms with E-state index in [1.54, 1.807) is 0 Å². The fourth-order valence-electron chi connectivity index (χ4n) is 6.14. The van der Waals surface area contributed by atoms with Crippen LogP contribution < -0.4 is 9.47 Å². The maximum Gasteiger partial charge on any atom is 0.125 e. The van der Waals surface area contributed by atoms with Crippen molar-refractivity contribution in [1.29, 1.82) is 0 Å². The van der Waals surface area contributed by atoms with Gasteiger partial charge in [0.25, 0.3) is 0 Å². The highest BCUT2D eigenvalue weighted by Gasteiger charge is 2.34. The predicted molar refractivity (Wildman–Crippen MR) is 216 cm³/mol. The van der Waals surface area contributed by atoms with E-state index in [0.717, 1.165) is 11.1 Å². The molecule has 6 aromatic carbocycles. The van der Waals surface area contributed by atoms with Crippen molar-refractivity contribution >= 4 is 0 Å². The average molecular weight is 827 g/mol. The third-order valence-electron chi connectivity index (χ3n) is 9.47. The van der Waals surface area contributed by atoms with Crippen LogP contribution in [-0.4, -0.2) is 47.8 Å². The lowest BCUT2D eigenvalue weighted by Gasteiger charge is -2.32. The normalized spacial score (nSPS) is 13.4. The molecule has 4 atom stereocenters. The maximum atomic E-state index is 14.4. The molecular weight excluding hydrogens is 781 g/mol. The van der Waals surface area contributed by atoms with Gasteiger partial charge in [-0.1, -0.05) is 84.9 Å². The molecule has 0 bridgehead atoms. The molecule has 6 rings (SSSR count). The average Bonchev–Trinajstić information content (AvgIpc) is 3.26. The summed E-state index contributed by atoms with van der Waals surface area (Å²) in [6.45, 7) is -0.574. The van der Waals surface area contributed by atoms with Gasteiger partial charge in [-0.3, -0.25) is 0 Å². The molecule has 2 N–H and O–H groups in total. The van der Waals surface area contributed by atoms with Gasteiger partial charge in [-0.2, -0.15) is 0 Å². The molecular formula is C48H46F4O8. The van der Waals surface area contributed by atoms with E-state index in [-0.39, 0.29) is 52.9 Å². The number of aliphatic hydroxyl groups is 2. The molecule has 0 heterocycles. The van der Waals surface area contributed by atoms with Crippen LogP contribution in [0.2, 0.25) is 0 Å². The van der Waals surface area contributed by atoms with Crippen LogP contribution in [0.25, 0.3) is 0 Å². The number of aliphatic hydroxyl groups excluding tert-OH is 2. The molecule has 0 saturated heterocycles. The van der Waals surface area contributed by atoms with Crippen molar-refractivity contribution in [1.82, 2.24) is 0 Å². The van der Waals surface area contributed by atoms with Gasteiger partial charge in [0.1, 0.15) is 72.4 Å². The molecule has 0 saturated carbocycles. The molecule has 314 valence electrons. The highest BCUT2D eigenvalue weighted by atomic mass is 19.1. The molecule has 12 heteroatoms. The molecule has 0 fully saturated rings. The van der Waals surface area contributed by atoms with Gasteiger partial charge in [-0.15, -0.1) is 0 Å². The fraction of sp³-hybridized carbons (Fsp3) is 0.250. The number of hydrogen-bond donors (Lipinski definition) is 2. The Bertz CT molecular complexity index is 2020. The number of ether oxygens (including phenoxy) is 6. The first-order chi connectivity index (χ1) is 29.2. The van der Waals surface area contributed by atoms with E-state index in [2.05, 4.69) is 0 Å². The van der Waals surface area contributed by atoms with E-state index in [1.807, 2.05) is 60.7 Å². The van der Waals surface area contributed by atoms with Gasteiger partial charge in [-0.25, -0.2) is 17.6 Å². The lowest BCUT2D eigenvalue weighted by atomic mass is 10.0. The van der Waals surface area contributed by atoms with Crippen LogP contribution >= 0.6 is 0 Å². The SMILES string of the molecule is O[C@@H]([C@H](O)[C@@H](COCc1cc(F)ccc1OCc1ccccc1)OCc1ccc(F)cc1)[C@@H](COCc1cc(F)ccc1OCc1ccccc1)OCc1ccc(F)cc1. The van der Waals surface area contributed by atoms with E-state index in [1.165, 1.54) is 84.9 Å². The molecule has 0 aliphatic carbocycles. The maximum absolute atomic E-state index is 14.4. The molecule has 0 amide bonds. The minimum Gasteiger partial charge on any atom is -0.489 e. The Labute approximate surface area is 346 Å². The second-order valence-electron chi connectivity index (χ2n) is 14.0. The summed E-state index contributed by atoms with van der Waals surface area (Å²) in [6, 6.07) is 38.2. The first-order valence-corrected chi connectivity index (χ1v) is 19.3. The van der Waals surface area contributed by atoms with Crippen LogP contribution in [0.1, 0.15) is 33.4 Å². The van der Waals surface area contributed by atoms with Crippen LogP contribution in [0.15, 0.2) is 146 Å². The van der Waals surface area contributed by atoms with Crippen molar-refractivity contribution in [2.24, 2.45) is 0 Å². The molecule has 0 radical (unpaired) electrons. The van der Waals surface area contributed by atoms with Gasteiger partial charge in [0, 0.05) is 11.1 Å². The Morgan fingerprint density at radius 1 is 0.383 bits per heavy atom. The molecule has 0 spiro atoms. The van der Waals surface area contributed by atoms with Crippen LogP contribution in [0.4, 0.5) is 17.6 Å². The van der Waals surface area contributed by atoms with Gasteiger partial charge in [0.15, 0.2) is 0 Å². The Morgan fingerprint density at radius 3 is 1.12 bits per heavy atom. The number of hydrogen-bond acceptors (Lipinski definition) is 8. The van der Waals surface area contributed by atoms with E-state index in [4.69, 9.17) is 28.4 Å². The Balaban J connectivity index is 1.16. The molecule has 0 aliphatic heterocycles. The van der Waals surface area contributed by atoms with E-state index in [9.17, 15) is 27.8 Å². The zero-order chi connectivity index (χ0) is 42.1. The predicted octanol–water partition coefficient (Wildman–Crippen LogP) is 9.03. The molecule has 60 heavy (non-hydrogen) atoms. The van der Waals surface area contributed by atoms with Crippen molar-refractivity contribution in [2.75, 3.05) is 13.2 Å². The largest absolute Gasteiger partial charge is 0.489 e. The van der Waals surface area contributed by atoms with Crippen molar-refractivity contribution in [3.8, 4) is 11.5 Å². The number of rotatable bonds is 23. The van der Waals surface area contributed by atoms with E-state index >= 15 is 0 Å². The van der Waals surface area contributed by atoms with Gasteiger partial charge >= 0.3 is 0 Å². The zero-order valence-electron chi connectivity index (χ0n) is 32.7. The van der Waals surface area contributed by atoms with Crippen molar-refractivity contribution in [3.63, 3.8) is 0 Å². The minimum absolute atomic E-state index is 0.0909. The third-order valence-corrected chi connectivity index (χ3v) is 9.47. The smallest absolute Gasteiger partial charge is 0.125 e. The van der Waals surface area contributed by atoms with Crippen molar-refractivity contribution < 1.29 is 56.2 Å². The number of benzene rings is 6. The summed E-state index contributed by atoms with van der Waals surface area (Å²) in [6.07, 6.45) is -5.73. The molecule has 8 nitrogen and oxygen atoms in total. The lowest BCUT2D eigenvalue weighted by Crippen LogP contribution is -2.49. The Morgan fingerprint density at radius 2 is 0.733 bits per heavy atom. The van der Waals surface area contributed by atoms with Gasteiger partial charge in [0.2, 0.25) is 0 Å². The molecule has 0 aromatic heterocycles. The van der Waals surface area contributed by atoms with Gasteiger partial charge in [0.05, 0.1) is 39.6 Å². The fourth-order valence-corrected chi connectivity index (χ4v) is 6.14. The topological polar surface area (TPSA) is 95.8 Å². The summed E-state index contributed by atoms with van der Waals surface area (Å²) in [5.74, 6) is -1.11.